The molecule has 6 nitrogen and oxygen atoms in total. The average Bonchev–Trinajstić information content (AvgIpc) is 3.44. The molecule has 0 spiro atoms. The Morgan fingerprint density at radius 2 is 1.76 bits per heavy atom. The summed E-state index contributed by atoms with van der Waals surface area (Å²) in [4.78, 5) is 14.8. The highest BCUT2D eigenvalue weighted by atomic mass is 32.1. The SMILES string of the molecule is C[C@H]1CN(c2ccc(C(F)(F)F)cc2)C(=O)c2c(-c3cc(-c4ccccc4)on3)cnn21.S. The quantitative estimate of drug-likeness (QED) is 0.392. The average molecular weight is 472 g/mol. The van der Waals surface area contributed by atoms with Crippen molar-refractivity contribution in [1.82, 2.24) is 14.9 Å². The molecule has 0 unspecified atom stereocenters. The maximum Gasteiger partial charge on any atom is 0.416 e. The first-order valence-electron chi connectivity index (χ1n) is 9.92. The summed E-state index contributed by atoms with van der Waals surface area (Å²) in [5.41, 5.74) is 1.75. The Labute approximate surface area is 194 Å². The van der Waals surface area contributed by atoms with Gasteiger partial charge in [0, 0.05) is 23.9 Å². The molecule has 0 radical (unpaired) electrons. The largest absolute Gasteiger partial charge is 0.416 e. The van der Waals surface area contributed by atoms with Crippen LogP contribution in [-0.4, -0.2) is 27.4 Å². The number of anilines is 1. The Bertz CT molecular complexity index is 1280. The fourth-order valence-electron chi connectivity index (χ4n) is 3.84. The number of amides is 1. The number of carbonyl (C=O) groups excluding carboxylic acids is 1. The van der Waals surface area contributed by atoms with E-state index in [0.717, 1.165) is 17.7 Å². The summed E-state index contributed by atoms with van der Waals surface area (Å²) in [5.74, 6) is 0.191. The highest BCUT2D eigenvalue weighted by Crippen LogP contribution is 2.35. The summed E-state index contributed by atoms with van der Waals surface area (Å²) < 4.78 is 45.8. The maximum absolute atomic E-state index is 13.4. The van der Waals surface area contributed by atoms with Gasteiger partial charge in [0.15, 0.2) is 5.76 Å². The highest BCUT2D eigenvalue weighted by Gasteiger charge is 2.35. The van der Waals surface area contributed by atoms with Gasteiger partial charge in [0.1, 0.15) is 11.4 Å². The maximum atomic E-state index is 13.4. The van der Waals surface area contributed by atoms with Gasteiger partial charge < -0.3 is 9.42 Å². The molecule has 1 aliphatic rings. The van der Waals surface area contributed by atoms with Crippen molar-refractivity contribution >= 4 is 25.1 Å². The van der Waals surface area contributed by atoms with Crippen LogP contribution in [0.1, 0.15) is 29.0 Å². The molecule has 4 aromatic rings. The number of hydrogen-bond donors (Lipinski definition) is 0. The minimum Gasteiger partial charge on any atom is -0.356 e. The Hall–Kier alpha value is -3.53. The number of carbonyl (C=O) groups is 1. The lowest BCUT2D eigenvalue weighted by molar-refractivity contribution is -0.137. The van der Waals surface area contributed by atoms with Crippen molar-refractivity contribution in [2.75, 3.05) is 11.4 Å². The molecule has 2 aromatic carbocycles. The standard InChI is InChI=1S/C23H17F3N4O2.H2S/c1-14-13-29(17-9-7-16(8-10-17)23(24,25)26)22(31)21-18(12-27-30(14)21)19-11-20(32-28-19)15-5-3-2-4-6-15;/h2-12,14H,13H2,1H3;1H2/t14-;/m0./s1. The van der Waals surface area contributed by atoms with Crippen LogP contribution in [0, 0.1) is 0 Å². The fraction of sp³-hybridized carbons (Fsp3) is 0.174. The molecule has 10 heteroatoms. The molecular formula is C23H19F3N4O2S. The molecule has 3 heterocycles. The van der Waals surface area contributed by atoms with Crippen LogP contribution in [0.3, 0.4) is 0 Å². The molecule has 1 aliphatic heterocycles. The molecular weight excluding hydrogens is 453 g/mol. The molecule has 0 fully saturated rings. The normalized spacial score (nSPS) is 15.8. The fourth-order valence-corrected chi connectivity index (χ4v) is 3.84. The zero-order chi connectivity index (χ0) is 22.5. The third kappa shape index (κ3) is 4.02. The van der Waals surface area contributed by atoms with Crippen LogP contribution in [0.2, 0.25) is 0 Å². The lowest BCUT2D eigenvalue weighted by Gasteiger charge is -2.32. The zero-order valence-corrected chi connectivity index (χ0v) is 18.4. The van der Waals surface area contributed by atoms with Crippen molar-refractivity contribution in [3.63, 3.8) is 0 Å². The van der Waals surface area contributed by atoms with E-state index in [-0.39, 0.29) is 32.0 Å². The third-order valence-electron chi connectivity index (χ3n) is 5.46. The van der Waals surface area contributed by atoms with E-state index in [1.807, 2.05) is 37.3 Å². The second-order valence-corrected chi connectivity index (χ2v) is 7.60. The second-order valence-electron chi connectivity index (χ2n) is 7.60. The number of rotatable bonds is 3. The number of fused-ring (bicyclic) bond motifs is 1. The van der Waals surface area contributed by atoms with Crippen LogP contribution in [0.25, 0.3) is 22.6 Å². The minimum absolute atomic E-state index is 0. The summed E-state index contributed by atoms with van der Waals surface area (Å²) in [6.45, 7) is 2.17. The van der Waals surface area contributed by atoms with Gasteiger partial charge in [0.2, 0.25) is 0 Å². The van der Waals surface area contributed by atoms with Crippen molar-refractivity contribution in [1.29, 1.82) is 0 Å². The summed E-state index contributed by atoms with van der Waals surface area (Å²) in [6.07, 6.45) is -2.88. The van der Waals surface area contributed by atoms with Crippen LogP contribution >= 0.6 is 13.5 Å². The lowest BCUT2D eigenvalue weighted by Crippen LogP contribution is -2.42. The number of hydrogen-bond acceptors (Lipinski definition) is 4. The van der Waals surface area contributed by atoms with Gasteiger partial charge in [-0.3, -0.25) is 9.48 Å². The van der Waals surface area contributed by atoms with Crippen LogP contribution in [0.15, 0.2) is 71.4 Å². The van der Waals surface area contributed by atoms with E-state index in [1.165, 1.54) is 17.0 Å². The first-order chi connectivity index (χ1) is 15.3. The van der Waals surface area contributed by atoms with Crippen molar-refractivity contribution in [3.8, 4) is 22.6 Å². The van der Waals surface area contributed by atoms with Crippen molar-refractivity contribution < 1.29 is 22.5 Å². The first-order valence-corrected chi connectivity index (χ1v) is 9.92. The van der Waals surface area contributed by atoms with Crippen LogP contribution < -0.4 is 4.90 Å². The Kier molecular flexibility index (Phi) is 5.79. The molecule has 5 rings (SSSR count). The molecule has 0 aliphatic carbocycles. The summed E-state index contributed by atoms with van der Waals surface area (Å²) >= 11 is 0. The summed E-state index contributed by atoms with van der Waals surface area (Å²) in [7, 11) is 0. The van der Waals surface area contributed by atoms with E-state index in [9.17, 15) is 18.0 Å². The molecule has 0 saturated heterocycles. The summed E-state index contributed by atoms with van der Waals surface area (Å²) in [6, 6.07) is 15.6. The Morgan fingerprint density at radius 3 is 2.42 bits per heavy atom. The van der Waals surface area contributed by atoms with Gasteiger partial charge in [-0.2, -0.15) is 31.8 Å². The van der Waals surface area contributed by atoms with E-state index in [2.05, 4.69) is 10.3 Å². The van der Waals surface area contributed by atoms with Crippen LogP contribution in [0.5, 0.6) is 0 Å². The topological polar surface area (TPSA) is 64.2 Å². The van der Waals surface area contributed by atoms with Gasteiger partial charge in [-0.25, -0.2) is 0 Å². The monoisotopic (exact) mass is 472 g/mol. The van der Waals surface area contributed by atoms with E-state index in [4.69, 9.17) is 4.52 Å². The molecule has 0 N–H and O–H groups in total. The Balaban J connectivity index is 0.00000259. The van der Waals surface area contributed by atoms with Crippen molar-refractivity contribution in [2.45, 2.75) is 19.1 Å². The van der Waals surface area contributed by atoms with E-state index in [1.54, 1.807) is 16.9 Å². The van der Waals surface area contributed by atoms with Crippen LogP contribution in [0.4, 0.5) is 18.9 Å². The summed E-state index contributed by atoms with van der Waals surface area (Å²) in [5, 5.41) is 8.47. The molecule has 0 saturated carbocycles. The first kappa shape index (κ1) is 22.7. The number of aromatic nitrogens is 3. The van der Waals surface area contributed by atoms with Crippen LogP contribution in [-0.2, 0) is 6.18 Å². The van der Waals surface area contributed by atoms with E-state index >= 15 is 0 Å². The molecule has 170 valence electrons. The zero-order valence-electron chi connectivity index (χ0n) is 17.4. The predicted octanol–water partition coefficient (Wildman–Crippen LogP) is 5.56. The van der Waals surface area contributed by atoms with E-state index in [0.29, 0.717) is 28.4 Å². The van der Waals surface area contributed by atoms with Gasteiger partial charge in [-0.05, 0) is 31.2 Å². The van der Waals surface area contributed by atoms with Gasteiger partial charge in [-0.1, -0.05) is 35.5 Å². The van der Waals surface area contributed by atoms with Crippen molar-refractivity contribution in [3.05, 3.63) is 78.1 Å². The molecule has 33 heavy (non-hydrogen) atoms. The number of alkyl halides is 3. The van der Waals surface area contributed by atoms with E-state index < -0.39 is 11.7 Å². The number of nitrogens with zero attached hydrogens (tertiary/aromatic N) is 4. The number of benzene rings is 2. The lowest BCUT2D eigenvalue weighted by atomic mass is 10.1. The van der Waals surface area contributed by atoms with Gasteiger partial charge in [-0.15, -0.1) is 0 Å². The Morgan fingerprint density at radius 1 is 1.06 bits per heavy atom. The minimum atomic E-state index is -4.44. The highest BCUT2D eigenvalue weighted by molar-refractivity contribution is 7.59. The smallest absolute Gasteiger partial charge is 0.356 e. The van der Waals surface area contributed by atoms with Gasteiger partial charge in [0.05, 0.1) is 23.4 Å². The van der Waals surface area contributed by atoms with Crippen molar-refractivity contribution in [2.24, 2.45) is 0 Å². The predicted molar refractivity (Wildman–Crippen MR) is 121 cm³/mol. The van der Waals surface area contributed by atoms with Gasteiger partial charge >= 0.3 is 6.18 Å². The second kappa shape index (κ2) is 8.43. The molecule has 0 bridgehead atoms. The molecule has 1 amide bonds. The van der Waals surface area contributed by atoms with Gasteiger partial charge in [0.25, 0.3) is 5.91 Å². The number of halogens is 3. The third-order valence-corrected chi connectivity index (χ3v) is 5.46. The molecule has 1 atom stereocenters. The molecule has 2 aromatic heterocycles.